The molecule has 0 N–H and O–H groups in total. The number of nitrogens with zero attached hydrogens (tertiary/aromatic N) is 4. The van der Waals surface area contributed by atoms with Crippen molar-refractivity contribution in [3.05, 3.63) is 60.1 Å². The molecule has 1 radical (unpaired) electrons. The van der Waals surface area contributed by atoms with Crippen LogP contribution in [0.15, 0.2) is 53.9 Å². The summed E-state index contributed by atoms with van der Waals surface area (Å²) in [7, 11) is 0. The molecule has 0 bridgehead atoms. The molecule has 2 heterocycles. The third-order valence-electron chi connectivity index (χ3n) is 2.66. The highest BCUT2D eigenvalue weighted by molar-refractivity contribution is 6.10. The van der Waals surface area contributed by atoms with E-state index in [1.165, 1.54) is 0 Å². The molecule has 17 heavy (non-hydrogen) atoms. The van der Waals surface area contributed by atoms with Crippen LogP contribution in [-0.4, -0.2) is 15.5 Å². The summed E-state index contributed by atoms with van der Waals surface area (Å²) in [6, 6.07) is 10.0. The van der Waals surface area contributed by atoms with Crippen molar-refractivity contribution in [2.75, 3.05) is 0 Å². The molecule has 3 rings (SSSR count). The van der Waals surface area contributed by atoms with Crippen LogP contribution in [0.1, 0.15) is 11.3 Å². The molecule has 1 aliphatic rings. The van der Waals surface area contributed by atoms with Crippen LogP contribution in [0.3, 0.4) is 0 Å². The van der Waals surface area contributed by atoms with E-state index in [4.69, 9.17) is 0 Å². The molecule has 2 aromatic rings. The van der Waals surface area contributed by atoms with Crippen LogP contribution in [0.5, 0.6) is 0 Å². The normalized spacial score (nSPS) is 13.6. The van der Waals surface area contributed by atoms with Crippen LogP contribution < -0.4 is 5.43 Å². The smallest absolute Gasteiger partial charge is 0.0979 e. The minimum absolute atomic E-state index is 0.865. The average Bonchev–Trinajstić information content (AvgIpc) is 2.99. The Labute approximate surface area is 99.3 Å². The number of para-hydroxylation sites is 1. The van der Waals surface area contributed by atoms with E-state index < -0.39 is 0 Å². The zero-order valence-electron chi connectivity index (χ0n) is 9.41. The van der Waals surface area contributed by atoms with Crippen molar-refractivity contribution in [2.45, 2.75) is 6.92 Å². The summed E-state index contributed by atoms with van der Waals surface area (Å²) in [4.78, 5) is 0. The van der Waals surface area contributed by atoms with E-state index in [9.17, 15) is 0 Å². The van der Waals surface area contributed by atoms with Crippen molar-refractivity contribution in [3.8, 4) is 5.69 Å². The molecule has 83 valence electrons. The van der Waals surface area contributed by atoms with Gasteiger partial charge in [-0.25, -0.2) is 4.68 Å². The highest BCUT2D eigenvalue weighted by Crippen LogP contribution is 2.14. The first-order valence-corrected chi connectivity index (χ1v) is 5.41. The van der Waals surface area contributed by atoms with Gasteiger partial charge < -0.3 is 0 Å². The van der Waals surface area contributed by atoms with E-state index in [1.54, 1.807) is 6.20 Å². The summed E-state index contributed by atoms with van der Waals surface area (Å²) in [6.07, 6.45) is 5.56. The van der Waals surface area contributed by atoms with Crippen LogP contribution in [0.2, 0.25) is 0 Å². The molecular formula is C13H11N4. The Morgan fingerprint density at radius 1 is 1.12 bits per heavy atom. The molecule has 0 atom stereocenters. The maximum Gasteiger partial charge on any atom is 0.0979 e. The van der Waals surface area contributed by atoms with Gasteiger partial charge in [-0.2, -0.15) is 15.6 Å². The molecule has 4 nitrogen and oxygen atoms in total. The Morgan fingerprint density at radius 3 is 2.65 bits per heavy atom. The molecule has 0 saturated carbocycles. The van der Waals surface area contributed by atoms with Crippen molar-refractivity contribution in [2.24, 2.45) is 5.10 Å². The molecule has 0 spiro atoms. The first-order valence-electron chi connectivity index (χ1n) is 5.41. The van der Waals surface area contributed by atoms with E-state index >= 15 is 0 Å². The highest BCUT2D eigenvalue weighted by Gasteiger charge is 2.12. The van der Waals surface area contributed by atoms with E-state index in [0.29, 0.717) is 0 Å². The van der Waals surface area contributed by atoms with Gasteiger partial charge in [-0.3, -0.25) is 0 Å². The molecule has 0 unspecified atom stereocenters. The van der Waals surface area contributed by atoms with Crippen LogP contribution >= 0.6 is 0 Å². The fourth-order valence-electron chi connectivity index (χ4n) is 1.80. The molecule has 0 saturated heterocycles. The number of aromatic nitrogens is 2. The number of benzene rings is 1. The quantitative estimate of drug-likeness (QED) is 0.768. The lowest BCUT2D eigenvalue weighted by atomic mass is 10.1. The fourth-order valence-corrected chi connectivity index (χ4v) is 1.80. The number of aryl methyl sites for hydroxylation is 1. The summed E-state index contributed by atoms with van der Waals surface area (Å²) in [5, 5.41) is 8.54. The molecule has 4 heteroatoms. The number of hydrogen-bond acceptors (Lipinski definition) is 2. The third kappa shape index (κ3) is 1.73. The molecule has 0 aliphatic carbocycles. The van der Waals surface area contributed by atoms with Crippen LogP contribution in [0.25, 0.3) is 5.69 Å². The van der Waals surface area contributed by atoms with Gasteiger partial charge in [0.25, 0.3) is 0 Å². The van der Waals surface area contributed by atoms with Crippen LogP contribution in [-0.2, 0) is 0 Å². The third-order valence-corrected chi connectivity index (χ3v) is 2.66. The topological polar surface area (TPSA) is 44.3 Å². The molecular weight excluding hydrogens is 212 g/mol. The van der Waals surface area contributed by atoms with Crippen LogP contribution in [0.4, 0.5) is 0 Å². The average molecular weight is 223 g/mol. The minimum atomic E-state index is 0.865. The SMILES string of the molecule is Cc1nn(-c2ccccc2)cc1C1=N[N]C=C1. The zero-order chi connectivity index (χ0) is 11.7. The first-order chi connectivity index (χ1) is 8.34. The molecule has 1 aromatic carbocycles. The largest absolute Gasteiger partial charge is 0.240 e. The molecule has 0 fully saturated rings. The predicted octanol–water partition coefficient (Wildman–Crippen LogP) is 2.02. The lowest BCUT2D eigenvalue weighted by Gasteiger charge is -1.98. The van der Waals surface area contributed by atoms with Gasteiger partial charge in [-0.1, -0.05) is 18.2 Å². The Kier molecular flexibility index (Phi) is 2.26. The summed E-state index contributed by atoms with van der Waals surface area (Å²) < 4.78 is 1.86. The Bertz CT molecular complexity index is 593. The molecule has 1 aromatic heterocycles. The fraction of sp³-hybridized carbons (Fsp3) is 0.0769. The summed E-state index contributed by atoms with van der Waals surface area (Å²) in [6.45, 7) is 1.98. The standard InChI is InChI=1S/C13H11N4/c1-10-12(13-7-8-14-15-13)9-17(16-10)11-5-3-2-4-6-11/h2-9H,1H3. The number of allylic oxidation sites excluding steroid dienone is 1. The lowest BCUT2D eigenvalue weighted by molar-refractivity contribution is 0.863. The van der Waals surface area contributed by atoms with Crippen molar-refractivity contribution in [1.29, 1.82) is 0 Å². The van der Waals surface area contributed by atoms with Gasteiger partial charge >= 0.3 is 0 Å². The lowest BCUT2D eigenvalue weighted by Crippen LogP contribution is -1.95. The maximum atomic E-state index is 4.49. The second-order valence-electron chi connectivity index (χ2n) is 3.82. The van der Waals surface area contributed by atoms with Crippen molar-refractivity contribution < 1.29 is 0 Å². The van der Waals surface area contributed by atoms with Gasteiger partial charge in [0.2, 0.25) is 0 Å². The van der Waals surface area contributed by atoms with Gasteiger partial charge in [0.05, 0.1) is 23.3 Å². The van der Waals surface area contributed by atoms with E-state index in [0.717, 1.165) is 22.7 Å². The Hall–Kier alpha value is -2.36. The maximum absolute atomic E-state index is 4.49. The Morgan fingerprint density at radius 2 is 1.94 bits per heavy atom. The van der Waals surface area contributed by atoms with Crippen molar-refractivity contribution in [3.63, 3.8) is 0 Å². The van der Waals surface area contributed by atoms with Gasteiger partial charge in [0.1, 0.15) is 0 Å². The van der Waals surface area contributed by atoms with Gasteiger partial charge in [0.15, 0.2) is 0 Å². The monoisotopic (exact) mass is 223 g/mol. The first kappa shape index (κ1) is 9.84. The summed E-state index contributed by atoms with van der Waals surface area (Å²) in [5.41, 5.74) is 7.72. The van der Waals surface area contributed by atoms with E-state index in [2.05, 4.69) is 15.6 Å². The molecule has 0 amide bonds. The second-order valence-corrected chi connectivity index (χ2v) is 3.82. The van der Waals surface area contributed by atoms with Gasteiger partial charge in [-0.05, 0) is 25.1 Å². The predicted molar refractivity (Wildman–Crippen MR) is 66.1 cm³/mol. The summed E-state index contributed by atoms with van der Waals surface area (Å²) in [5.74, 6) is 0. The van der Waals surface area contributed by atoms with Gasteiger partial charge in [-0.15, -0.1) is 0 Å². The van der Waals surface area contributed by atoms with E-state index in [-0.39, 0.29) is 0 Å². The molecule has 1 aliphatic heterocycles. The highest BCUT2D eigenvalue weighted by atomic mass is 15.3. The van der Waals surface area contributed by atoms with Crippen LogP contribution in [0, 0.1) is 6.92 Å². The van der Waals surface area contributed by atoms with Crippen molar-refractivity contribution in [1.82, 2.24) is 15.2 Å². The number of hydrogen-bond donors (Lipinski definition) is 0. The zero-order valence-corrected chi connectivity index (χ0v) is 9.41. The minimum Gasteiger partial charge on any atom is -0.240 e. The second kappa shape index (κ2) is 3.90. The Balaban J connectivity index is 2.04. The summed E-state index contributed by atoms with van der Waals surface area (Å²) >= 11 is 0. The number of rotatable bonds is 2. The van der Waals surface area contributed by atoms with Crippen molar-refractivity contribution >= 4 is 5.71 Å². The van der Waals surface area contributed by atoms with E-state index in [1.807, 2.05) is 54.2 Å². The van der Waals surface area contributed by atoms with Gasteiger partial charge in [0, 0.05) is 11.8 Å².